The lowest BCUT2D eigenvalue weighted by Gasteiger charge is -2.13. The quantitative estimate of drug-likeness (QED) is 0.787. The Balaban J connectivity index is 2.04. The van der Waals surface area contributed by atoms with Crippen LogP contribution in [-0.2, 0) is 10.0 Å². The van der Waals surface area contributed by atoms with E-state index in [-0.39, 0.29) is 11.8 Å². The minimum absolute atomic E-state index is 0.0898. The summed E-state index contributed by atoms with van der Waals surface area (Å²) in [7, 11) is -3.26. The molecule has 0 radical (unpaired) electrons. The molecule has 1 aromatic carbocycles. The first kappa shape index (κ1) is 14.1. The summed E-state index contributed by atoms with van der Waals surface area (Å²) >= 11 is 2.20. The molecule has 1 atom stereocenters. The molecule has 0 saturated carbocycles. The Morgan fingerprint density at radius 1 is 1.50 bits per heavy atom. The fourth-order valence-corrected chi connectivity index (χ4v) is 3.94. The summed E-state index contributed by atoms with van der Waals surface area (Å²) in [5.41, 5.74) is 1.79. The van der Waals surface area contributed by atoms with E-state index in [0.717, 1.165) is 28.5 Å². The number of hydrogen-bond donors (Lipinski definition) is 2. The second kappa shape index (κ2) is 5.75. The van der Waals surface area contributed by atoms with Gasteiger partial charge in [0, 0.05) is 15.3 Å². The first-order chi connectivity index (χ1) is 8.46. The zero-order valence-electron chi connectivity index (χ0n) is 10.2. The predicted molar refractivity (Wildman–Crippen MR) is 82.3 cm³/mol. The number of nitrogens with one attached hydrogen (secondary N) is 2. The Kier molecular flexibility index (Phi) is 4.50. The van der Waals surface area contributed by atoms with Gasteiger partial charge in [-0.2, -0.15) is 0 Å². The van der Waals surface area contributed by atoms with Crippen LogP contribution in [0, 0.1) is 10.5 Å². The van der Waals surface area contributed by atoms with Crippen LogP contribution in [0.5, 0.6) is 0 Å². The normalized spacial score (nSPS) is 20.0. The summed E-state index contributed by atoms with van der Waals surface area (Å²) in [5.74, 6) is 0.150. The van der Waals surface area contributed by atoms with Crippen molar-refractivity contribution in [1.82, 2.24) is 5.32 Å². The molecule has 0 amide bonds. The maximum Gasteiger partial charge on any atom is 0.234 e. The molecule has 1 aromatic rings. The van der Waals surface area contributed by atoms with Crippen molar-refractivity contribution in [1.29, 1.82) is 0 Å². The minimum atomic E-state index is -3.26. The monoisotopic (exact) mass is 380 g/mol. The molecule has 2 N–H and O–H groups in total. The summed E-state index contributed by atoms with van der Waals surface area (Å²) in [6, 6.07) is 5.67. The van der Waals surface area contributed by atoms with Crippen LogP contribution < -0.4 is 10.0 Å². The van der Waals surface area contributed by atoms with Gasteiger partial charge in [0.25, 0.3) is 0 Å². The van der Waals surface area contributed by atoms with E-state index in [4.69, 9.17) is 0 Å². The van der Waals surface area contributed by atoms with E-state index >= 15 is 0 Å². The molecule has 100 valence electrons. The van der Waals surface area contributed by atoms with Crippen molar-refractivity contribution >= 4 is 38.3 Å². The second-order valence-electron chi connectivity index (χ2n) is 4.64. The minimum Gasteiger partial charge on any atom is -0.313 e. The highest BCUT2D eigenvalue weighted by atomic mass is 127. The average molecular weight is 380 g/mol. The molecule has 1 heterocycles. The lowest BCUT2D eigenvalue weighted by atomic mass is 10.2. The number of hydrogen-bond acceptors (Lipinski definition) is 3. The molecule has 1 fully saturated rings. The van der Waals surface area contributed by atoms with Crippen molar-refractivity contribution in [3.8, 4) is 0 Å². The van der Waals surface area contributed by atoms with Crippen molar-refractivity contribution < 1.29 is 8.42 Å². The van der Waals surface area contributed by atoms with E-state index < -0.39 is 10.0 Å². The number of anilines is 1. The first-order valence-corrected chi connectivity index (χ1v) is 8.69. The van der Waals surface area contributed by atoms with Crippen molar-refractivity contribution in [3.05, 3.63) is 27.3 Å². The highest BCUT2D eigenvalue weighted by Crippen LogP contribution is 2.18. The molecule has 0 aliphatic carbocycles. The molecule has 0 spiro atoms. The van der Waals surface area contributed by atoms with Crippen molar-refractivity contribution in [2.45, 2.75) is 25.8 Å². The summed E-state index contributed by atoms with van der Waals surface area (Å²) in [4.78, 5) is 0. The Hall–Kier alpha value is -0.340. The fourth-order valence-electron chi connectivity index (χ4n) is 2.04. The number of halogens is 1. The SMILES string of the molecule is Cc1ccc(NS(=O)(=O)CC2CCCN2)cc1I. The van der Waals surface area contributed by atoms with Gasteiger partial charge in [-0.3, -0.25) is 4.72 Å². The molecule has 1 aliphatic heterocycles. The van der Waals surface area contributed by atoms with E-state index in [1.165, 1.54) is 0 Å². The number of rotatable bonds is 4. The zero-order chi connectivity index (χ0) is 13.2. The van der Waals surface area contributed by atoms with Crippen molar-refractivity contribution in [2.24, 2.45) is 0 Å². The number of benzene rings is 1. The maximum absolute atomic E-state index is 12.0. The molecule has 18 heavy (non-hydrogen) atoms. The standard InChI is InChI=1S/C12H17IN2O2S/c1-9-4-5-10(7-12(9)13)15-18(16,17)8-11-3-2-6-14-11/h4-5,7,11,14-15H,2-3,6,8H2,1H3. The van der Waals surface area contributed by atoms with Gasteiger partial charge >= 0.3 is 0 Å². The number of aryl methyl sites for hydroxylation is 1. The molecule has 6 heteroatoms. The van der Waals surface area contributed by atoms with E-state index in [1.807, 2.05) is 19.1 Å². The molecular formula is C12H17IN2O2S. The smallest absolute Gasteiger partial charge is 0.234 e. The average Bonchev–Trinajstić information content (AvgIpc) is 2.75. The maximum atomic E-state index is 12.0. The van der Waals surface area contributed by atoms with Crippen LogP contribution in [0.15, 0.2) is 18.2 Å². The van der Waals surface area contributed by atoms with Crippen LogP contribution in [0.4, 0.5) is 5.69 Å². The molecular weight excluding hydrogens is 363 g/mol. The van der Waals surface area contributed by atoms with E-state index in [1.54, 1.807) is 6.07 Å². The first-order valence-electron chi connectivity index (χ1n) is 5.96. The summed E-state index contributed by atoms with van der Waals surface area (Å²) in [6.45, 7) is 2.92. The van der Waals surface area contributed by atoms with Gasteiger partial charge in [-0.25, -0.2) is 8.42 Å². The van der Waals surface area contributed by atoms with E-state index in [2.05, 4.69) is 32.6 Å². The molecule has 1 saturated heterocycles. The highest BCUT2D eigenvalue weighted by molar-refractivity contribution is 14.1. The summed E-state index contributed by atoms with van der Waals surface area (Å²) in [5, 5.41) is 3.20. The van der Waals surface area contributed by atoms with E-state index in [0.29, 0.717) is 5.69 Å². The lowest BCUT2D eigenvalue weighted by Crippen LogP contribution is -2.32. The summed E-state index contributed by atoms with van der Waals surface area (Å²) in [6.07, 6.45) is 1.99. The predicted octanol–water partition coefficient (Wildman–Crippen LogP) is 2.09. The summed E-state index contributed by atoms with van der Waals surface area (Å²) < 4.78 is 27.7. The molecule has 1 unspecified atom stereocenters. The molecule has 1 aliphatic rings. The Morgan fingerprint density at radius 3 is 2.89 bits per heavy atom. The second-order valence-corrected chi connectivity index (χ2v) is 7.57. The van der Waals surface area contributed by atoms with Crippen LogP contribution in [-0.4, -0.2) is 26.8 Å². The Bertz CT molecular complexity index is 525. The van der Waals surface area contributed by atoms with Crippen LogP contribution >= 0.6 is 22.6 Å². The van der Waals surface area contributed by atoms with Crippen LogP contribution in [0.2, 0.25) is 0 Å². The van der Waals surface area contributed by atoms with Crippen molar-refractivity contribution in [2.75, 3.05) is 17.0 Å². The molecule has 0 aromatic heterocycles. The van der Waals surface area contributed by atoms with Crippen molar-refractivity contribution in [3.63, 3.8) is 0 Å². The highest BCUT2D eigenvalue weighted by Gasteiger charge is 2.21. The largest absolute Gasteiger partial charge is 0.313 e. The van der Waals surface area contributed by atoms with Gasteiger partial charge in [0.1, 0.15) is 0 Å². The van der Waals surface area contributed by atoms with Gasteiger partial charge in [0.15, 0.2) is 0 Å². The zero-order valence-corrected chi connectivity index (χ0v) is 13.2. The van der Waals surface area contributed by atoms with Gasteiger partial charge in [0.05, 0.1) is 5.75 Å². The molecule has 2 rings (SSSR count). The fraction of sp³-hybridized carbons (Fsp3) is 0.500. The third-order valence-corrected chi connectivity index (χ3v) is 5.58. The topological polar surface area (TPSA) is 58.2 Å². The van der Waals surface area contributed by atoms with Gasteiger partial charge in [-0.05, 0) is 66.6 Å². The molecule has 0 bridgehead atoms. The Labute approximate surface area is 122 Å². The van der Waals surface area contributed by atoms with Gasteiger partial charge < -0.3 is 5.32 Å². The Morgan fingerprint density at radius 2 is 2.28 bits per heavy atom. The van der Waals surface area contributed by atoms with Crippen LogP contribution in [0.1, 0.15) is 18.4 Å². The van der Waals surface area contributed by atoms with Gasteiger partial charge in [0.2, 0.25) is 10.0 Å². The lowest BCUT2D eigenvalue weighted by molar-refractivity contribution is 0.582. The van der Waals surface area contributed by atoms with Gasteiger partial charge in [-0.15, -0.1) is 0 Å². The van der Waals surface area contributed by atoms with Gasteiger partial charge in [-0.1, -0.05) is 6.07 Å². The third-order valence-electron chi connectivity index (χ3n) is 3.03. The van der Waals surface area contributed by atoms with E-state index in [9.17, 15) is 8.42 Å². The molecule has 4 nitrogen and oxygen atoms in total. The number of sulfonamides is 1. The van der Waals surface area contributed by atoms with Crippen LogP contribution in [0.25, 0.3) is 0 Å². The third kappa shape index (κ3) is 3.83. The van der Waals surface area contributed by atoms with Crippen LogP contribution in [0.3, 0.4) is 0 Å².